The second kappa shape index (κ2) is 7.44. The molecule has 0 aliphatic heterocycles. The largest absolute Gasteiger partial charge is 0.370 e. The number of nitrogens with two attached hydrogens (primary N) is 1. The van der Waals surface area contributed by atoms with Crippen LogP contribution in [0.15, 0.2) is 0 Å². The Morgan fingerprint density at radius 1 is 1.12 bits per heavy atom. The van der Waals surface area contributed by atoms with Crippen LogP contribution in [0.2, 0.25) is 0 Å². The number of amides is 2. The predicted octanol–water partition coefficient (Wildman–Crippen LogP) is 3.02. The Bertz CT molecular complexity index is 817. The molecule has 0 radical (unpaired) electrons. The summed E-state index contributed by atoms with van der Waals surface area (Å²) in [5, 5.41) is 4.78. The average Bonchev–Trinajstić information content (AvgIpc) is 3.03. The van der Waals surface area contributed by atoms with Crippen molar-refractivity contribution in [1.82, 2.24) is 15.3 Å². The first-order chi connectivity index (χ1) is 12.6. The van der Waals surface area contributed by atoms with Crippen molar-refractivity contribution in [3.8, 4) is 10.0 Å². The number of primary amides is 1. The summed E-state index contributed by atoms with van der Waals surface area (Å²) in [5.41, 5.74) is 6.91. The summed E-state index contributed by atoms with van der Waals surface area (Å²) in [6.45, 7) is 0.536. The lowest BCUT2D eigenvalue weighted by atomic mass is 10.2. The lowest BCUT2D eigenvalue weighted by molar-refractivity contribution is -0.118. The van der Waals surface area contributed by atoms with Crippen LogP contribution in [0.1, 0.15) is 70.4 Å². The van der Waals surface area contributed by atoms with Gasteiger partial charge < -0.3 is 11.1 Å². The molecular formula is C18H22N4O2S2. The van der Waals surface area contributed by atoms with Gasteiger partial charge in [0.25, 0.3) is 5.91 Å². The van der Waals surface area contributed by atoms with Gasteiger partial charge in [0.2, 0.25) is 5.91 Å². The molecule has 1 saturated carbocycles. The van der Waals surface area contributed by atoms with Gasteiger partial charge in [-0.2, -0.15) is 0 Å². The third-order valence-electron chi connectivity index (χ3n) is 4.73. The van der Waals surface area contributed by atoms with Crippen LogP contribution in [0.4, 0.5) is 0 Å². The molecule has 138 valence electrons. The summed E-state index contributed by atoms with van der Waals surface area (Å²) in [6.07, 6.45) is 7.44. The van der Waals surface area contributed by atoms with E-state index in [2.05, 4.69) is 10.3 Å². The molecule has 3 N–H and O–H groups in total. The first-order valence-corrected chi connectivity index (χ1v) is 10.8. The molecule has 8 heteroatoms. The van der Waals surface area contributed by atoms with Crippen molar-refractivity contribution >= 4 is 34.5 Å². The van der Waals surface area contributed by atoms with Crippen LogP contribution in [0.25, 0.3) is 10.0 Å². The van der Waals surface area contributed by atoms with Gasteiger partial charge in [-0.15, -0.1) is 22.7 Å². The minimum absolute atomic E-state index is 0.113. The van der Waals surface area contributed by atoms with Gasteiger partial charge in [-0.25, -0.2) is 9.97 Å². The third-order valence-corrected chi connectivity index (χ3v) is 7.25. The predicted molar refractivity (Wildman–Crippen MR) is 103 cm³/mol. The van der Waals surface area contributed by atoms with Gasteiger partial charge in [0.1, 0.15) is 5.69 Å². The molecule has 2 aromatic rings. The van der Waals surface area contributed by atoms with E-state index in [1.807, 2.05) is 0 Å². The number of nitrogens with one attached hydrogen (secondary N) is 1. The zero-order valence-electron chi connectivity index (χ0n) is 14.5. The van der Waals surface area contributed by atoms with Gasteiger partial charge in [-0.3, -0.25) is 9.59 Å². The fraction of sp³-hybridized carbons (Fsp3) is 0.556. The number of carbonyl (C=O) groups excluding carboxylic acids is 2. The highest BCUT2D eigenvalue weighted by atomic mass is 32.1. The summed E-state index contributed by atoms with van der Waals surface area (Å²) in [6, 6.07) is 0. The van der Waals surface area contributed by atoms with Crippen LogP contribution in [0.3, 0.4) is 0 Å². The molecule has 1 fully saturated rings. The lowest BCUT2D eigenvalue weighted by Gasteiger charge is -2.04. The van der Waals surface area contributed by atoms with E-state index in [1.54, 1.807) is 22.7 Å². The normalized spacial score (nSPS) is 15.8. The number of fused-ring (bicyclic) bond motifs is 1. The molecule has 2 aliphatic rings. The van der Waals surface area contributed by atoms with E-state index in [0.717, 1.165) is 47.0 Å². The smallest absolute Gasteiger partial charge is 0.271 e. The van der Waals surface area contributed by atoms with Gasteiger partial charge in [-0.05, 0) is 50.9 Å². The summed E-state index contributed by atoms with van der Waals surface area (Å²) >= 11 is 3.36. The van der Waals surface area contributed by atoms with Crippen molar-refractivity contribution in [3.05, 3.63) is 21.1 Å². The molecule has 0 unspecified atom stereocenters. The number of unbranched alkanes of at least 4 members (excludes halogenated alkanes) is 1. The van der Waals surface area contributed by atoms with E-state index in [1.165, 1.54) is 17.0 Å². The number of rotatable bonds is 8. The van der Waals surface area contributed by atoms with Gasteiger partial charge in [0, 0.05) is 22.7 Å². The molecule has 0 saturated heterocycles. The second-order valence-corrected chi connectivity index (χ2v) is 9.04. The first kappa shape index (κ1) is 17.6. The van der Waals surface area contributed by atoms with Crippen LogP contribution >= 0.6 is 22.7 Å². The zero-order valence-corrected chi connectivity index (χ0v) is 16.2. The van der Waals surface area contributed by atoms with Crippen molar-refractivity contribution in [2.24, 2.45) is 5.73 Å². The Kier molecular flexibility index (Phi) is 5.04. The monoisotopic (exact) mass is 390 g/mol. The highest BCUT2D eigenvalue weighted by molar-refractivity contribution is 7.21. The summed E-state index contributed by atoms with van der Waals surface area (Å²) in [5.74, 6) is 0.0630. The van der Waals surface area contributed by atoms with Crippen molar-refractivity contribution in [2.45, 2.75) is 57.3 Å². The van der Waals surface area contributed by atoms with E-state index < -0.39 is 0 Å². The maximum Gasteiger partial charge on any atom is 0.271 e. The van der Waals surface area contributed by atoms with E-state index in [0.29, 0.717) is 31.0 Å². The number of aryl methyl sites for hydroxylation is 2. The molecule has 2 aliphatic carbocycles. The molecular weight excluding hydrogens is 368 g/mol. The van der Waals surface area contributed by atoms with Crippen molar-refractivity contribution in [1.29, 1.82) is 0 Å². The molecule has 2 heterocycles. The quantitative estimate of drug-likeness (QED) is 0.677. The molecule has 0 aromatic carbocycles. The Morgan fingerprint density at radius 2 is 1.92 bits per heavy atom. The third kappa shape index (κ3) is 3.81. The maximum absolute atomic E-state index is 12.6. The molecule has 2 amide bonds. The highest BCUT2D eigenvalue weighted by Crippen LogP contribution is 2.47. The van der Waals surface area contributed by atoms with Crippen LogP contribution < -0.4 is 11.1 Å². The molecule has 0 atom stereocenters. The SMILES string of the molecule is NC(=O)CCCCNC(=O)c1nc(-c2nc3c(s2)CCC3)sc1C1CC1. The fourth-order valence-electron chi connectivity index (χ4n) is 3.20. The molecule has 0 spiro atoms. The van der Waals surface area contributed by atoms with Gasteiger partial charge in [0.15, 0.2) is 10.0 Å². The molecule has 0 bridgehead atoms. The number of hydrogen-bond acceptors (Lipinski definition) is 6. The minimum atomic E-state index is -0.299. The van der Waals surface area contributed by atoms with Crippen molar-refractivity contribution < 1.29 is 9.59 Å². The highest BCUT2D eigenvalue weighted by Gasteiger charge is 2.33. The van der Waals surface area contributed by atoms with E-state index in [9.17, 15) is 9.59 Å². The van der Waals surface area contributed by atoms with Crippen molar-refractivity contribution in [3.63, 3.8) is 0 Å². The lowest BCUT2D eigenvalue weighted by Crippen LogP contribution is -2.26. The van der Waals surface area contributed by atoms with E-state index >= 15 is 0 Å². The van der Waals surface area contributed by atoms with Crippen LogP contribution in [0.5, 0.6) is 0 Å². The van der Waals surface area contributed by atoms with E-state index in [4.69, 9.17) is 10.7 Å². The van der Waals surface area contributed by atoms with Crippen LogP contribution in [0, 0.1) is 0 Å². The number of hydrogen-bond donors (Lipinski definition) is 2. The van der Waals surface area contributed by atoms with Gasteiger partial charge in [-0.1, -0.05) is 0 Å². The standard InChI is InChI=1S/C18H22N4O2S2/c19-13(23)6-1-2-9-20-16(24)14-15(10-7-8-10)26-18(22-14)17-21-11-4-3-5-12(11)25-17/h10H,1-9H2,(H2,19,23)(H,20,24). The maximum atomic E-state index is 12.6. The van der Waals surface area contributed by atoms with Gasteiger partial charge >= 0.3 is 0 Å². The molecule has 2 aromatic heterocycles. The number of nitrogens with zero attached hydrogens (tertiary/aromatic N) is 2. The number of aromatic nitrogens is 2. The Labute approximate surface area is 160 Å². The van der Waals surface area contributed by atoms with Gasteiger partial charge in [0.05, 0.1) is 5.69 Å². The molecule has 6 nitrogen and oxygen atoms in total. The topological polar surface area (TPSA) is 98.0 Å². The average molecular weight is 391 g/mol. The molecule has 26 heavy (non-hydrogen) atoms. The number of thiazole rings is 2. The number of carbonyl (C=O) groups is 2. The Morgan fingerprint density at radius 3 is 2.65 bits per heavy atom. The minimum Gasteiger partial charge on any atom is -0.370 e. The first-order valence-electron chi connectivity index (χ1n) is 9.18. The zero-order chi connectivity index (χ0) is 18.1. The summed E-state index contributed by atoms with van der Waals surface area (Å²) < 4.78 is 0. The van der Waals surface area contributed by atoms with Crippen LogP contribution in [-0.4, -0.2) is 28.3 Å². The summed E-state index contributed by atoms with van der Waals surface area (Å²) in [7, 11) is 0. The Balaban J connectivity index is 1.45. The Hall–Kier alpha value is -1.80. The molecule has 4 rings (SSSR count). The van der Waals surface area contributed by atoms with Crippen LogP contribution in [-0.2, 0) is 17.6 Å². The van der Waals surface area contributed by atoms with E-state index in [-0.39, 0.29) is 11.8 Å². The van der Waals surface area contributed by atoms with Crippen molar-refractivity contribution in [2.75, 3.05) is 6.54 Å². The second-order valence-electron chi connectivity index (χ2n) is 6.93. The summed E-state index contributed by atoms with van der Waals surface area (Å²) in [4.78, 5) is 35.2. The fourth-order valence-corrected chi connectivity index (χ4v) is 5.60.